The van der Waals surface area contributed by atoms with Crippen molar-refractivity contribution in [2.75, 3.05) is 0 Å². The number of rotatable bonds is 3. The molecule has 27 heavy (non-hydrogen) atoms. The summed E-state index contributed by atoms with van der Waals surface area (Å²) in [7, 11) is 0. The topological polar surface area (TPSA) is 61.7 Å². The molecule has 1 amide bonds. The molecule has 0 saturated heterocycles. The number of nitrogens with zero attached hydrogens (tertiary/aromatic N) is 1. The molecule has 5 heteroatoms. The van der Waals surface area contributed by atoms with Crippen molar-refractivity contribution < 1.29 is 27.0 Å². The number of fused-ring (bicyclic) bond motifs is 1. The zero-order valence-corrected chi connectivity index (χ0v) is 16.6. The number of hydrogen-bond acceptors (Lipinski definition) is 3. The van der Waals surface area contributed by atoms with E-state index in [0.717, 1.165) is 10.8 Å². The molecule has 3 rings (SSSR count). The molecule has 0 aliphatic carbocycles. The minimum absolute atomic E-state index is 0. The van der Waals surface area contributed by atoms with Crippen LogP contribution in [0.4, 0.5) is 0 Å². The van der Waals surface area contributed by atoms with Crippen molar-refractivity contribution in [1.29, 1.82) is 0 Å². The van der Waals surface area contributed by atoms with E-state index in [1.165, 1.54) is 11.8 Å². The molecule has 4 nitrogen and oxygen atoms in total. The van der Waals surface area contributed by atoms with Gasteiger partial charge in [0.05, 0.1) is 6.21 Å². The smallest absolute Gasteiger partial charge is 0.507 e. The molecular formula is C22H22FeN2O2+3. The number of nitrogens with one attached hydrogen (secondary N) is 1. The van der Waals surface area contributed by atoms with Gasteiger partial charge in [0.2, 0.25) is 0 Å². The minimum Gasteiger partial charge on any atom is -0.507 e. The van der Waals surface area contributed by atoms with Crippen LogP contribution in [0.2, 0.25) is 0 Å². The van der Waals surface area contributed by atoms with Gasteiger partial charge in [-0.15, -0.1) is 0 Å². The summed E-state index contributed by atoms with van der Waals surface area (Å²) in [6, 6.07) is 18.7. The molecule has 1 radical (unpaired) electrons. The summed E-state index contributed by atoms with van der Waals surface area (Å²) < 4.78 is 0. The van der Waals surface area contributed by atoms with Gasteiger partial charge in [-0.1, -0.05) is 63.2 Å². The Morgan fingerprint density at radius 2 is 1.67 bits per heavy atom. The van der Waals surface area contributed by atoms with Gasteiger partial charge in [0.15, 0.2) is 0 Å². The number of carbonyl (C=O) groups is 1. The molecule has 2 N–H and O–H groups in total. The second-order valence-electron chi connectivity index (χ2n) is 7.25. The molecule has 0 unspecified atom stereocenters. The van der Waals surface area contributed by atoms with Crippen LogP contribution in [-0.2, 0) is 22.5 Å². The number of benzene rings is 3. The Bertz CT molecular complexity index is 974. The largest absolute Gasteiger partial charge is 3.00 e. The second-order valence-corrected chi connectivity index (χ2v) is 7.25. The molecule has 0 bridgehead atoms. The van der Waals surface area contributed by atoms with E-state index < -0.39 is 0 Å². The Balaban J connectivity index is 0.00000261. The third-order valence-electron chi connectivity index (χ3n) is 4.32. The van der Waals surface area contributed by atoms with E-state index in [2.05, 4.69) is 31.3 Å². The molecule has 0 spiro atoms. The Morgan fingerprint density at radius 3 is 2.33 bits per heavy atom. The van der Waals surface area contributed by atoms with Gasteiger partial charge in [0.25, 0.3) is 5.91 Å². The Hall–Kier alpha value is -2.62. The quantitative estimate of drug-likeness (QED) is 0.382. The maximum Gasteiger partial charge on any atom is 3.00 e. The van der Waals surface area contributed by atoms with Crippen molar-refractivity contribution in [3.63, 3.8) is 0 Å². The normalized spacial score (nSPS) is 11.4. The van der Waals surface area contributed by atoms with Crippen LogP contribution in [0.5, 0.6) is 5.75 Å². The minimum atomic E-state index is -0.290. The number of hydrazone groups is 1. The Morgan fingerprint density at radius 1 is 1.00 bits per heavy atom. The zero-order chi connectivity index (χ0) is 18.7. The summed E-state index contributed by atoms with van der Waals surface area (Å²) in [6.07, 6.45) is 1.47. The molecule has 0 aliphatic rings. The van der Waals surface area contributed by atoms with E-state index in [4.69, 9.17) is 0 Å². The van der Waals surface area contributed by atoms with Gasteiger partial charge in [0.1, 0.15) is 5.75 Å². The second kappa shape index (κ2) is 8.38. The van der Waals surface area contributed by atoms with Crippen LogP contribution < -0.4 is 5.43 Å². The molecular weight excluding hydrogens is 380 g/mol. The third kappa shape index (κ3) is 4.76. The van der Waals surface area contributed by atoms with Gasteiger partial charge in [-0.3, -0.25) is 4.79 Å². The first-order chi connectivity index (χ1) is 12.4. The summed E-state index contributed by atoms with van der Waals surface area (Å²) in [5.74, 6) is -0.169. The molecule has 137 valence electrons. The predicted octanol–water partition coefficient (Wildman–Crippen LogP) is 4.60. The fourth-order valence-electron chi connectivity index (χ4n) is 2.76. The van der Waals surface area contributed by atoms with Crippen LogP contribution in [0.3, 0.4) is 0 Å². The molecule has 3 aromatic carbocycles. The van der Waals surface area contributed by atoms with E-state index >= 15 is 0 Å². The van der Waals surface area contributed by atoms with E-state index in [-0.39, 0.29) is 34.1 Å². The van der Waals surface area contributed by atoms with Crippen LogP contribution in [0, 0.1) is 0 Å². The average Bonchev–Trinajstić information content (AvgIpc) is 2.63. The number of aromatic hydroxyl groups is 1. The Labute approximate surface area is 169 Å². The number of amides is 1. The molecule has 0 aromatic heterocycles. The van der Waals surface area contributed by atoms with Crippen molar-refractivity contribution in [3.8, 4) is 5.75 Å². The molecule has 3 aromatic rings. The standard InChI is InChI=1S/C22H22N2O2.Fe/c1-22(2,3)17-11-8-16(9-12-17)21(26)24-23-14-19-18-7-5-4-6-15(18)10-13-20(19)25;/h4-14,25H,1-3H3,(H,24,26);/q;+3/b23-14+;. The van der Waals surface area contributed by atoms with Crippen molar-refractivity contribution in [2.45, 2.75) is 26.2 Å². The maximum absolute atomic E-state index is 12.3. The molecule has 0 aliphatic heterocycles. The maximum atomic E-state index is 12.3. The van der Waals surface area contributed by atoms with Crippen LogP contribution in [0.1, 0.15) is 42.3 Å². The van der Waals surface area contributed by atoms with Crippen molar-refractivity contribution >= 4 is 22.9 Å². The van der Waals surface area contributed by atoms with E-state index in [9.17, 15) is 9.90 Å². The fourth-order valence-corrected chi connectivity index (χ4v) is 2.76. The number of carbonyl (C=O) groups excluding carboxylic acids is 1. The van der Waals surface area contributed by atoms with Crippen LogP contribution in [0.15, 0.2) is 65.8 Å². The first-order valence-electron chi connectivity index (χ1n) is 8.51. The fraction of sp³-hybridized carbons (Fsp3) is 0.182. The van der Waals surface area contributed by atoms with E-state index in [1.54, 1.807) is 18.2 Å². The van der Waals surface area contributed by atoms with Crippen molar-refractivity contribution in [1.82, 2.24) is 5.43 Å². The summed E-state index contributed by atoms with van der Waals surface area (Å²) in [4.78, 5) is 12.3. The van der Waals surface area contributed by atoms with Crippen molar-refractivity contribution in [2.24, 2.45) is 5.10 Å². The van der Waals surface area contributed by atoms with Gasteiger partial charge in [-0.05, 0) is 39.9 Å². The van der Waals surface area contributed by atoms with Gasteiger partial charge in [-0.2, -0.15) is 5.10 Å². The average molecular weight is 402 g/mol. The number of hydrogen-bond donors (Lipinski definition) is 2. The van der Waals surface area contributed by atoms with E-state index in [0.29, 0.717) is 11.1 Å². The van der Waals surface area contributed by atoms with Gasteiger partial charge >= 0.3 is 17.1 Å². The monoisotopic (exact) mass is 402 g/mol. The van der Waals surface area contributed by atoms with Crippen LogP contribution in [0.25, 0.3) is 10.8 Å². The van der Waals surface area contributed by atoms with Crippen LogP contribution in [-0.4, -0.2) is 17.2 Å². The van der Waals surface area contributed by atoms with Gasteiger partial charge in [-0.25, -0.2) is 5.43 Å². The predicted molar refractivity (Wildman–Crippen MR) is 106 cm³/mol. The van der Waals surface area contributed by atoms with Crippen LogP contribution >= 0.6 is 0 Å². The van der Waals surface area contributed by atoms with E-state index in [1.807, 2.05) is 42.5 Å². The van der Waals surface area contributed by atoms with Crippen molar-refractivity contribution in [3.05, 3.63) is 77.4 Å². The van der Waals surface area contributed by atoms with Gasteiger partial charge in [0, 0.05) is 11.1 Å². The summed E-state index contributed by atoms with van der Waals surface area (Å²) in [5.41, 5.74) is 4.84. The first-order valence-corrected chi connectivity index (χ1v) is 8.51. The van der Waals surface area contributed by atoms with Gasteiger partial charge < -0.3 is 5.11 Å². The molecule has 0 heterocycles. The zero-order valence-electron chi connectivity index (χ0n) is 15.5. The first kappa shape index (κ1) is 20.7. The number of phenols is 1. The SMILES string of the molecule is CC(C)(C)c1ccc(C(=O)N/N=C/c2c(O)ccc3ccccc23)cc1.[Fe+3]. The molecule has 0 fully saturated rings. The third-order valence-corrected chi connectivity index (χ3v) is 4.32. The summed E-state index contributed by atoms with van der Waals surface area (Å²) in [5, 5.41) is 16.0. The number of phenolic OH excluding ortho intramolecular Hbond substituents is 1. The Kier molecular flexibility index (Phi) is 6.42. The molecule has 0 saturated carbocycles. The summed E-state index contributed by atoms with van der Waals surface area (Å²) >= 11 is 0. The summed E-state index contributed by atoms with van der Waals surface area (Å²) in [6.45, 7) is 6.38. The molecule has 0 atom stereocenters.